The predicted octanol–water partition coefficient (Wildman–Crippen LogP) is 3.81. The molecule has 0 aliphatic rings. The molecule has 0 aromatic heterocycles. The molecule has 0 unspecified atom stereocenters. The second kappa shape index (κ2) is 1.70. The molecule has 0 fully saturated rings. The van der Waals surface area contributed by atoms with Crippen molar-refractivity contribution in [2.45, 2.75) is 17.5 Å². The van der Waals surface area contributed by atoms with Gasteiger partial charge in [-0.15, -0.1) is 0 Å². The minimum atomic E-state index is -8.55. The average Bonchev–Trinajstić information content (AvgIpc) is 1.20. The van der Waals surface area contributed by atoms with E-state index in [2.05, 4.69) is 0 Å². The van der Waals surface area contributed by atoms with Crippen molar-refractivity contribution < 1.29 is 15.8 Å². The molecule has 60 valence electrons. The monoisotopic (exact) mass is 264 g/mol. The Morgan fingerprint density at radius 2 is 1.11 bits per heavy atom. The van der Waals surface area contributed by atoms with Crippen LogP contribution in [-0.2, 0) is 0 Å². The van der Waals surface area contributed by atoms with Crippen LogP contribution in [0.3, 0.4) is 0 Å². The van der Waals surface area contributed by atoms with E-state index < -0.39 is 23.0 Å². The zero-order chi connectivity index (χ0) is 7.95. The fourth-order valence-electron chi connectivity index (χ4n) is 0. The fraction of sp³-hybridized carbons (Fsp3) is 1.00. The van der Waals surface area contributed by atoms with E-state index in [0.717, 1.165) is 0 Å². The van der Waals surface area contributed by atoms with E-state index in [1.807, 2.05) is 0 Å². The Morgan fingerprint density at radius 3 is 1.11 bits per heavy atom. The summed E-state index contributed by atoms with van der Waals surface area (Å²) in [5.41, 5.74) is 0. The van der Waals surface area contributed by atoms with Crippen LogP contribution in [0.4, 0.5) is 15.8 Å². The van der Waals surface area contributed by atoms with Crippen molar-refractivity contribution in [3.8, 4) is 0 Å². The van der Waals surface area contributed by atoms with Crippen LogP contribution in [0.1, 0.15) is 13.8 Å². The Labute approximate surface area is 53.2 Å². The van der Waals surface area contributed by atoms with E-state index in [9.17, 15) is 15.8 Å². The van der Waals surface area contributed by atoms with Gasteiger partial charge >= 0.3 is 52.7 Å². The number of rotatable bonds is 1. The van der Waals surface area contributed by atoms with Gasteiger partial charge in [0.05, 0.1) is 0 Å². The van der Waals surface area contributed by atoms with Crippen LogP contribution in [-0.4, -0.2) is 3.68 Å². The standard InChI is InChI=1S/C3H6F5I/c1-3(2,4)9(5,6,7)8/h1-2H3. The predicted molar refractivity (Wildman–Crippen MR) is 33.6 cm³/mol. The molecule has 0 aliphatic carbocycles. The first-order valence-corrected chi connectivity index (χ1v) is 6.29. The molecule has 0 heterocycles. The molecule has 0 aromatic carbocycles. The van der Waals surface area contributed by atoms with Crippen molar-refractivity contribution in [3.63, 3.8) is 0 Å². The Hall–Kier alpha value is 0.380. The molecule has 0 amide bonds. The summed E-state index contributed by atoms with van der Waals surface area (Å²) in [6.07, 6.45) is 0. The van der Waals surface area contributed by atoms with Gasteiger partial charge in [0.25, 0.3) is 0 Å². The summed E-state index contributed by atoms with van der Waals surface area (Å²) in [7, 11) is 0. The quantitative estimate of drug-likeness (QED) is 0.384. The molecule has 0 spiro atoms. The zero-order valence-corrected chi connectivity index (χ0v) is 6.93. The molecule has 0 atom stereocenters. The molecule has 0 nitrogen and oxygen atoms in total. The van der Waals surface area contributed by atoms with Crippen molar-refractivity contribution in [2.75, 3.05) is 0 Å². The van der Waals surface area contributed by atoms with Crippen molar-refractivity contribution in [3.05, 3.63) is 0 Å². The van der Waals surface area contributed by atoms with Crippen LogP contribution in [0, 0.1) is 0 Å². The van der Waals surface area contributed by atoms with Crippen LogP contribution < -0.4 is 0 Å². The molecule has 0 saturated carbocycles. The summed E-state index contributed by atoms with van der Waals surface area (Å²) in [5.74, 6) is 0. The van der Waals surface area contributed by atoms with E-state index in [-0.39, 0.29) is 13.8 Å². The summed E-state index contributed by atoms with van der Waals surface area (Å²) in [5, 5.41) is 0. The molecule has 9 heavy (non-hydrogen) atoms. The van der Waals surface area contributed by atoms with Gasteiger partial charge in [0.1, 0.15) is 0 Å². The third-order valence-electron chi connectivity index (χ3n) is 0.679. The number of halogens is 6. The first-order valence-electron chi connectivity index (χ1n) is 1.95. The molecular weight excluding hydrogens is 258 g/mol. The Bertz CT molecular complexity index is 107. The van der Waals surface area contributed by atoms with Gasteiger partial charge in [-0.2, -0.15) is 0 Å². The summed E-state index contributed by atoms with van der Waals surface area (Å²) in [6.45, 7) is 0.392. The Balaban J connectivity index is 4.56. The molecule has 0 aliphatic heterocycles. The van der Waals surface area contributed by atoms with Gasteiger partial charge < -0.3 is 0 Å². The third-order valence-corrected chi connectivity index (χ3v) is 4.56. The van der Waals surface area contributed by atoms with Gasteiger partial charge in [0, 0.05) is 0 Å². The molecule has 0 radical (unpaired) electrons. The molecule has 0 rings (SSSR count). The van der Waals surface area contributed by atoms with Crippen molar-refractivity contribution in [2.24, 2.45) is 0 Å². The van der Waals surface area contributed by atoms with Gasteiger partial charge in [-0.05, 0) is 0 Å². The third kappa shape index (κ3) is 2.23. The van der Waals surface area contributed by atoms with Crippen molar-refractivity contribution >= 4 is 19.3 Å². The maximum atomic E-state index is 11.9. The average molecular weight is 264 g/mol. The van der Waals surface area contributed by atoms with Gasteiger partial charge in [0.2, 0.25) is 0 Å². The van der Waals surface area contributed by atoms with Crippen LogP contribution in [0.5, 0.6) is 0 Å². The second-order valence-electron chi connectivity index (χ2n) is 1.94. The normalized spacial score (nSPS) is 18.8. The van der Waals surface area contributed by atoms with Gasteiger partial charge in [-0.25, -0.2) is 0 Å². The summed E-state index contributed by atoms with van der Waals surface area (Å²) < 4.78 is 53.8. The van der Waals surface area contributed by atoms with E-state index in [1.165, 1.54) is 0 Å². The fourth-order valence-corrected chi connectivity index (χ4v) is 0. The maximum absolute atomic E-state index is 11.9. The number of hydrogen-bond donors (Lipinski definition) is 0. The molecule has 0 saturated heterocycles. The summed E-state index contributed by atoms with van der Waals surface area (Å²) in [4.78, 5) is 0. The summed E-state index contributed by atoms with van der Waals surface area (Å²) in [6, 6.07) is 0. The molecule has 0 aromatic rings. The van der Waals surface area contributed by atoms with E-state index in [0.29, 0.717) is 0 Å². The van der Waals surface area contributed by atoms with E-state index in [1.54, 1.807) is 0 Å². The summed E-state index contributed by atoms with van der Waals surface area (Å²) >= 11 is -8.55. The van der Waals surface area contributed by atoms with Crippen LogP contribution in [0.25, 0.3) is 0 Å². The van der Waals surface area contributed by atoms with Gasteiger partial charge in [-0.1, -0.05) is 0 Å². The molecular formula is C3H6F5I. The topological polar surface area (TPSA) is 0 Å². The Kier molecular flexibility index (Phi) is 1.77. The first-order chi connectivity index (χ1) is 3.51. The van der Waals surface area contributed by atoms with E-state index >= 15 is 0 Å². The zero-order valence-electron chi connectivity index (χ0n) is 4.77. The van der Waals surface area contributed by atoms with Crippen LogP contribution in [0.15, 0.2) is 0 Å². The van der Waals surface area contributed by atoms with Crippen LogP contribution in [0.2, 0.25) is 0 Å². The Morgan fingerprint density at radius 1 is 1.00 bits per heavy atom. The van der Waals surface area contributed by atoms with Gasteiger partial charge in [0.15, 0.2) is 0 Å². The minimum absolute atomic E-state index is 0.196. The van der Waals surface area contributed by atoms with Gasteiger partial charge in [-0.3, -0.25) is 0 Å². The van der Waals surface area contributed by atoms with Crippen molar-refractivity contribution in [1.29, 1.82) is 0 Å². The number of alkyl halides is 2. The molecule has 0 N–H and O–H groups in total. The van der Waals surface area contributed by atoms with Crippen molar-refractivity contribution in [1.82, 2.24) is 0 Å². The number of hydrogen-bond acceptors (Lipinski definition) is 0. The second-order valence-corrected chi connectivity index (χ2v) is 7.98. The first kappa shape index (κ1) is 9.38. The SMILES string of the molecule is CC(C)(F)I(F)(F)(F)F. The van der Waals surface area contributed by atoms with Crippen LogP contribution >= 0.6 is 19.3 Å². The molecule has 6 heteroatoms. The van der Waals surface area contributed by atoms with E-state index in [4.69, 9.17) is 0 Å². The molecule has 0 bridgehead atoms.